The summed E-state index contributed by atoms with van der Waals surface area (Å²) in [6.07, 6.45) is 0.444. The summed E-state index contributed by atoms with van der Waals surface area (Å²) in [4.78, 5) is 11.1. The van der Waals surface area contributed by atoms with Gasteiger partial charge in [0.05, 0.1) is 23.4 Å². The minimum absolute atomic E-state index is 0.00766. The zero-order valence-corrected chi connectivity index (χ0v) is 18.1. The van der Waals surface area contributed by atoms with Crippen LogP contribution in [0.4, 0.5) is 0 Å². The van der Waals surface area contributed by atoms with Crippen molar-refractivity contribution in [2.45, 2.75) is 87.0 Å². The first-order chi connectivity index (χ1) is 11.0. The number of hydrogen-bond donors (Lipinski definition) is 2. The molecule has 0 aliphatic heterocycles. The summed E-state index contributed by atoms with van der Waals surface area (Å²) in [5, 5.41) is 0. The van der Waals surface area contributed by atoms with E-state index in [2.05, 4.69) is 0 Å². The summed E-state index contributed by atoms with van der Waals surface area (Å²) in [6.45, 7) is 17.2. The molecule has 0 bridgehead atoms. The van der Waals surface area contributed by atoms with Gasteiger partial charge < -0.3 is 15.2 Å². The molecule has 0 unspecified atom stereocenters. The summed E-state index contributed by atoms with van der Waals surface area (Å²) < 4.78 is 38.7. The van der Waals surface area contributed by atoms with Gasteiger partial charge in [0.2, 0.25) is 0 Å². The molecule has 0 aromatic heterocycles. The highest BCUT2D eigenvalue weighted by Crippen LogP contribution is 2.15. The van der Waals surface area contributed by atoms with Crippen LogP contribution in [0.1, 0.15) is 68.7 Å². The van der Waals surface area contributed by atoms with Crippen LogP contribution in [-0.4, -0.2) is 49.5 Å². The van der Waals surface area contributed by atoms with Gasteiger partial charge >= 0.3 is 5.97 Å². The Morgan fingerprint density at radius 2 is 1.44 bits per heavy atom. The Bertz CT molecular complexity index is 422. The fraction of sp³-hybridized carbons (Fsp3) is 0.941. The van der Waals surface area contributed by atoms with E-state index in [0.29, 0.717) is 19.1 Å². The standard InChI is InChI=1S/C8H16O2.C6H14O4S.C3H9N/c1-6(2)10-7(9)8(3,4)5;1-6(2)10-4-3-5-11(7,8)9;1-3(2)4/h6H,1-5H3;6H,3-5H2,1-2H3,(H,7,8,9);3H,4H2,1-2H3. The highest BCUT2D eigenvalue weighted by atomic mass is 32.2. The van der Waals surface area contributed by atoms with E-state index in [-0.39, 0.29) is 29.3 Å². The summed E-state index contributed by atoms with van der Waals surface area (Å²) in [5.41, 5.74) is 4.74. The Morgan fingerprint density at radius 1 is 1.04 bits per heavy atom. The molecular weight excluding hydrogens is 346 g/mol. The Morgan fingerprint density at radius 3 is 1.64 bits per heavy atom. The zero-order chi connectivity index (χ0) is 20.8. The van der Waals surface area contributed by atoms with Gasteiger partial charge in [0.15, 0.2) is 0 Å². The lowest BCUT2D eigenvalue weighted by molar-refractivity contribution is -0.156. The first-order valence-electron chi connectivity index (χ1n) is 8.52. The SMILES string of the molecule is CC(C)N.CC(C)OC(=O)C(C)(C)C.CC(C)OCCCS(=O)(=O)O. The topological polar surface area (TPSA) is 116 Å². The molecule has 0 atom stereocenters. The van der Waals surface area contributed by atoms with Crippen LogP contribution in [0.3, 0.4) is 0 Å². The number of hydrogen-bond acceptors (Lipinski definition) is 6. The second kappa shape index (κ2) is 14.5. The second-order valence-electron chi connectivity index (χ2n) is 7.51. The van der Waals surface area contributed by atoms with Gasteiger partial charge in [-0.25, -0.2) is 0 Å². The average molecular weight is 386 g/mol. The number of carbonyl (C=O) groups is 1. The van der Waals surface area contributed by atoms with Crippen molar-refractivity contribution in [2.24, 2.45) is 11.1 Å². The molecule has 0 rings (SSSR count). The first-order valence-corrected chi connectivity index (χ1v) is 10.1. The van der Waals surface area contributed by atoms with Crippen LogP contribution in [0.5, 0.6) is 0 Å². The Kier molecular flexibility index (Phi) is 16.8. The predicted molar refractivity (Wildman–Crippen MR) is 102 cm³/mol. The fourth-order valence-electron chi connectivity index (χ4n) is 0.951. The Balaban J connectivity index is -0.000000321. The number of rotatable bonds is 6. The minimum atomic E-state index is -3.80. The lowest BCUT2D eigenvalue weighted by Crippen LogP contribution is -2.25. The summed E-state index contributed by atoms with van der Waals surface area (Å²) in [7, 11) is -3.80. The van der Waals surface area contributed by atoms with Crippen LogP contribution >= 0.6 is 0 Å². The van der Waals surface area contributed by atoms with E-state index in [1.165, 1.54) is 0 Å². The van der Waals surface area contributed by atoms with E-state index in [4.69, 9.17) is 19.8 Å². The molecule has 0 saturated carbocycles. The third-order valence-electron chi connectivity index (χ3n) is 1.95. The van der Waals surface area contributed by atoms with Crippen LogP contribution in [0, 0.1) is 5.41 Å². The molecule has 0 aromatic rings. The van der Waals surface area contributed by atoms with Gasteiger partial charge in [-0.2, -0.15) is 8.42 Å². The van der Waals surface area contributed by atoms with Gasteiger partial charge in [-0.15, -0.1) is 0 Å². The molecule has 0 aromatic carbocycles. The third kappa shape index (κ3) is 35.3. The van der Waals surface area contributed by atoms with E-state index in [0.717, 1.165) is 0 Å². The molecule has 0 saturated heterocycles. The summed E-state index contributed by atoms with van der Waals surface area (Å²) in [5.74, 6) is -0.359. The monoisotopic (exact) mass is 385 g/mol. The molecule has 0 aliphatic rings. The van der Waals surface area contributed by atoms with Crippen molar-refractivity contribution in [1.82, 2.24) is 0 Å². The van der Waals surface area contributed by atoms with E-state index in [1.807, 2.05) is 62.3 Å². The molecule has 7 nitrogen and oxygen atoms in total. The molecule has 8 heteroatoms. The van der Waals surface area contributed by atoms with Crippen molar-refractivity contribution < 1.29 is 27.2 Å². The highest BCUT2D eigenvalue weighted by molar-refractivity contribution is 7.85. The van der Waals surface area contributed by atoms with Crippen LogP contribution in [0.15, 0.2) is 0 Å². The van der Waals surface area contributed by atoms with E-state index in [9.17, 15) is 13.2 Å². The predicted octanol–water partition coefficient (Wildman–Crippen LogP) is 3.03. The van der Waals surface area contributed by atoms with Crippen LogP contribution < -0.4 is 5.73 Å². The zero-order valence-electron chi connectivity index (χ0n) is 17.3. The average Bonchev–Trinajstić information content (AvgIpc) is 2.31. The second-order valence-corrected chi connectivity index (χ2v) is 9.08. The van der Waals surface area contributed by atoms with Crippen LogP contribution in [0.2, 0.25) is 0 Å². The van der Waals surface area contributed by atoms with Gasteiger partial charge in [-0.3, -0.25) is 9.35 Å². The fourth-order valence-corrected chi connectivity index (χ4v) is 1.43. The molecular formula is C17H39NO6S. The van der Waals surface area contributed by atoms with Crippen LogP contribution in [0.25, 0.3) is 0 Å². The smallest absolute Gasteiger partial charge is 0.311 e. The highest BCUT2D eigenvalue weighted by Gasteiger charge is 2.23. The van der Waals surface area contributed by atoms with Crippen molar-refractivity contribution in [3.8, 4) is 0 Å². The first kappa shape index (κ1) is 29.1. The van der Waals surface area contributed by atoms with E-state index < -0.39 is 10.1 Å². The molecule has 0 heterocycles. The lowest BCUT2D eigenvalue weighted by atomic mass is 9.97. The molecule has 0 amide bonds. The van der Waals surface area contributed by atoms with Crippen LogP contribution in [-0.2, 0) is 24.4 Å². The maximum Gasteiger partial charge on any atom is 0.311 e. The van der Waals surface area contributed by atoms with Gasteiger partial charge in [-0.1, -0.05) is 13.8 Å². The molecule has 0 spiro atoms. The van der Waals surface area contributed by atoms with Crippen molar-refractivity contribution in [3.05, 3.63) is 0 Å². The number of nitrogens with two attached hydrogens (primary N) is 1. The van der Waals surface area contributed by atoms with Crippen molar-refractivity contribution in [1.29, 1.82) is 0 Å². The van der Waals surface area contributed by atoms with Gasteiger partial charge in [-0.05, 0) is 60.9 Å². The van der Waals surface area contributed by atoms with Crippen molar-refractivity contribution in [3.63, 3.8) is 0 Å². The normalized spacial score (nSPS) is 11.6. The van der Waals surface area contributed by atoms with Gasteiger partial charge in [0.1, 0.15) is 0 Å². The number of esters is 1. The van der Waals surface area contributed by atoms with Gasteiger partial charge in [0, 0.05) is 6.61 Å². The molecule has 154 valence electrons. The van der Waals surface area contributed by atoms with E-state index in [1.54, 1.807) is 0 Å². The van der Waals surface area contributed by atoms with Gasteiger partial charge in [0.25, 0.3) is 10.1 Å². The molecule has 0 fully saturated rings. The third-order valence-corrected chi connectivity index (χ3v) is 2.76. The quantitative estimate of drug-likeness (QED) is 0.410. The molecule has 25 heavy (non-hydrogen) atoms. The number of ether oxygens (including phenoxy) is 2. The maximum atomic E-state index is 11.1. The maximum absolute atomic E-state index is 11.1. The number of carbonyl (C=O) groups excluding carboxylic acids is 1. The van der Waals surface area contributed by atoms with Crippen molar-refractivity contribution >= 4 is 16.1 Å². The molecule has 0 aliphatic carbocycles. The summed E-state index contributed by atoms with van der Waals surface area (Å²) >= 11 is 0. The Labute approximate surface area is 154 Å². The Hall–Kier alpha value is -0.700. The lowest BCUT2D eigenvalue weighted by Gasteiger charge is -2.18. The molecule has 0 radical (unpaired) electrons. The minimum Gasteiger partial charge on any atom is -0.463 e. The van der Waals surface area contributed by atoms with E-state index >= 15 is 0 Å². The largest absolute Gasteiger partial charge is 0.463 e. The van der Waals surface area contributed by atoms with Crippen molar-refractivity contribution in [2.75, 3.05) is 12.4 Å². The molecule has 3 N–H and O–H groups in total. The summed E-state index contributed by atoms with van der Waals surface area (Å²) in [6, 6.07) is 0.333.